The van der Waals surface area contributed by atoms with Gasteiger partial charge in [-0.2, -0.15) is 4.98 Å². The standard InChI is InChI=1S/C20H17F2N3O4/c1-27-16-6-3-11(7-17(16)28-2)20-23-19(24-29-20)12-8-18(26)25(10-12)15-9-13(21)4-5-14(15)22/h3-7,9,12H,8,10H2,1-2H3. The highest BCUT2D eigenvalue weighted by molar-refractivity contribution is 5.96. The molecule has 1 aliphatic rings. The van der Waals surface area contributed by atoms with Gasteiger partial charge in [0.1, 0.15) is 11.6 Å². The molecule has 0 spiro atoms. The van der Waals surface area contributed by atoms with Crippen LogP contribution >= 0.6 is 0 Å². The van der Waals surface area contributed by atoms with Crippen LogP contribution in [0.25, 0.3) is 11.5 Å². The summed E-state index contributed by atoms with van der Waals surface area (Å²) in [6.07, 6.45) is 0.0703. The summed E-state index contributed by atoms with van der Waals surface area (Å²) < 4.78 is 43.4. The van der Waals surface area contributed by atoms with Gasteiger partial charge >= 0.3 is 0 Å². The van der Waals surface area contributed by atoms with E-state index in [4.69, 9.17) is 14.0 Å². The van der Waals surface area contributed by atoms with Crippen molar-refractivity contribution in [1.29, 1.82) is 0 Å². The summed E-state index contributed by atoms with van der Waals surface area (Å²) in [4.78, 5) is 18.0. The Balaban J connectivity index is 1.58. The predicted molar refractivity (Wildman–Crippen MR) is 98.9 cm³/mol. The largest absolute Gasteiger partial charge is 0.493 e. The van der Waals surface area contributed by atoms with Crippen LogP contribution in [0.4, 0.5) is 14.5 Å². The van der Waals surface area contributed by atoms with Gasteiger partial charge in [-0.05, 0) is 30.3 Å². The summed E-state index contributed by atoms with van der Waals surface area (Å²) in [6.45, 7) is 0.129. The Bertz CT molecular complexity index is 1070. The molecule has 3 aromatic rings. The number of hydrogen-bond donors (Lipinski definition) is 0. The van der Waals surface area contributed by atoms with Crippen LogP contribution in [0.1, 0.15) is 18.2 Å². The van der Waals surface area contributed by atoms with Gasteiger partial charge in [0, 0.05) is 30.5 Å². The smallest absolute Gasteiger partial charge is 0.258 e. The first-order chi connectivity index (χ1) is 14.0. The van der Waals surface area contributed by atoms with Crippen molar-refractivity contribution in [3.63, 3.8) is 0 Å². The van der Waals surface area contributed by atoms with Gasteiger partial charge in [-0.15, -0.1) is 0 Å². The zero-order valence-corrected chi connectivity index (χ0v) is 15.7. The van der Waals surface area contributed by atoms with Crippen LogP contribution in [0.3, 0.4) is 0 Å². The van der Waals surface area contributed by atoms with Crippen molar-refractivity contribution in [2.24, 2.45) is 0 Å². The summed E-state index contributed by atoms with van der Waals surface area (Å²) in [5, 5.41) is 3.97. The fourth-order valence-electron chi connectivity index (χ4n) is 3.29. The zero-order valence-electron chi connectivity index (χ0n) is 15.7. The van der Waals surface area contributed by atoms with Crippen molar-refractivity contribution >= 4 is 11.6 Å². The third-order valence-corrected chi connectivity index (χ3v) is 4.76. The fraction of sp³-hybridized carbons (Fsp3) is 0.250. The Morgan fingerprint density at radius 2 is 1.90 bits per heavy atom. The molecular formula is C20H17F2N3O4. The van der Waals surface area contributed by atoms with Gasteiger partial charge in [0.15, 0.2) is 17.3 Å². The molecule has 1 atom stereocenters. The lowest BCUT2D eigenvalue weighted by molar-refractivity contribution is -0.117. The molecule has 9 heteroatoms. The number of methoxy groups -OCH3 is 2. The third-order valence-electron chi connectivity index (χ3n) is 4.76. The quantitative estimate of drug-likeness (QED) is 0.651. The van der Waals surface area contributed by atoms with Gasteiger partial charge in [-0.3, -0.25) is 4.79 Å². The highest BCUT2D eigenvalue weighted by Gasteiger charge is 2.36. The van der Waals surface area contributed by atoms with E-state index >= 15 is 0 Å². The summed E-state index contributed by atoms with van der Waals surface area (Å²) >= 11 is 0. The molecule has 0 radical (unpaired) electrons. The zero-order chi connectivity index (χ0) is 20.5. The van der Waals surface area contributed by atoms with E-state index in [0.29, 0.717) is 22.9 Å². The maximum absolute atomic E-state index is 14.1. The second-order valence-corrected chi connectivity index (χ2v) is 6.53. The fourth-order valence-corrected chi connectivity index (χ4v) is 3.29. The topological polar surface area (TPSA) is 77.7 Å². The second kappa shape index (κ2) is 7.50. The average molecular weight is 401 g/mol. The Labute approximate surface area is 164 Å². The van der Waals surface area contributed by atoms with Crippen LogP contribution in [0, 0.1) is 11.6 Å². The molecule has 0 N–H and O–H groups in total. The number of rotatable bonds is 5. The lowest BCUT2D eigenvalue weighted by Gasteiger charge is -2.16. The van der Waals surface area contributed by atoms with Crippen LogP contribution in [-0.2, 0) is 4.79 Å². The molecule has 29 heavy (non-hydrogen) atoms. The van der Waals surface area contributed by atoms with E-state index in [0.717, 1.165) is 18.2 Å². The minimum atomic E-state index is -0.667. The molecule has 1 saturated heterocycles. The predicted octanol–water partition coefficient (Wildman–Crippen LogP) is 3.55. The third kappa shape index (κ3) is 3.51. The molecule has 1 aromatic heterocycles. The van der Waals surface area contributed by atoms with Gasteiger partial charge in [0.05, 0.1) is 19.9 Å². The number of benzene rings is 2. The number of anilines is 1. The van der Waals surface area contributed by atoms with Crippen LogP contribution in [0.15, 0.2) is 40.9 Å². The van der Waals surface area contributed by atoms with Crippen LogP contribution in [0.2, 0.25) is 0 Å². The van der Waals surface area contributed by atoms with Gasteiger partial charge in [-0.1, -0.05) is 5.16 Å². The molecule has 1 unspecified atom stereocenters. The Kier molecular flexibility index (Phi) is 4.87. The first kappa shape index (κ1) is 18.9. The highest BCUT2D eigenvalue weighted by atomic mass is 19.1. The Hall–Kier alpha value is -3.49. The van der Waals surface area contributed by atoms with Gasteiger partial charge in [0.2, 0.25) is 5.91 Å². The van der Waals surface area contributed by atoms with E-state index < -0.39 is 17.6 Å². The van der Waals surface area contributed by atoms with Gasteiger partial charge < -0.3 is 18.9 Å². The number of nitrogens with zero attached hydrogens (tertiary/aromatic N) is 3. The maximum atomic E-state index is 14.1. The SMILES string of the molecule is COc1ccc(-c2nc(C3CC(=O)N(c4cc(F)ccc4F)C3)no2)cc1OC. The number of halogens is 2. The second-order valence-electron chi connectivity index (χ2n) is 6.53. The Morgan fingerprint density at radius 1 is 1.10 bits per heavy atom. The molecule has 150 valence electrons. The van der Waals surface area contributed by atoms with Crippen molar-refractivity contribution in [1.82, 2.24) is 10.1 Å². The number of amides is 1. The Morgan fingerprint density at radius 3 is 2.66 bits per heavy atom. The monoisotopic (exact) mass is 401 g/mol. The number of carbonyl (C=O) groups is 1. The molecule has 1 aliphatic heterocycles. The van der Waals surface area contributed by atoms with Gasteiger partial charge in [-0.25, -0.2) is 8.78 Å². The highest BCUT2D eigenvalue weighted by Crippen LogP contribution is 2.35. The summed E-state index contributed by atoms with van der Waals surface area (Å²) in [6, 6.07) is 8.16. The average Bonchev–Trinajstić information content (AvgIpc) is 3.36. The lowest BCUT2D eigenvalue weighted by Crippen LogP contribution is -2.25. The number of carbonyl (C=O) groups excluding carboxylic acids is 1. The minimum absolute atomic E-state index is 0.0703. The lowest BCUT2D eigenvalue weighted by atomic mass is 10.1. The molecule has 7 nitrogen and oxygen atoms in total. The van der Waals surface area contributed by atoms with E-state index in [1.807, 2.05) is 0 Å². The summed E-state index contributed by atoms with van der Waals surface area (Å²) in [5.74, 6) is -0.378. The van der Waals surface area contributed by atoms with Crippen molar-refractivity contribution in [2.45, 2.75) is 12.3 Å². The molecule has 2 heterocycles. The molecule has 1 fully saturated rings. The van der Waals surface area contributed by atoms with Crippen molar-refractivity contribution in [3.8, 4) is 23.0 Å². The first-order valence-corrected chi connectivity index (χ1v) is 8.81. The molecule has 0 saturated carbocycles. The van der Waals surface area contributed by atoms with E-state index in [1.165, 1.54) is 19.1 Å². The van der Waals surface area contributed by atoms with E-state index in [9.17, 15) is 13.6 Å². The molecule has 0 aliphatic carbocycles. The molecule has 4 rings (SSSR count). The molecule has 2 aromatic carbocycles. The number of hydrogen-bond acceptors (Lipinski definition) is 6. The molecule has 0 bridgehead atoms. The molecular weight excluding hydrogens is 384 g/mol. The minimum Gasteiger partial charge on any atom is -0.493 e. The summed E-state index contributed by atoms with van der Waals surface area (Å²) in [7, 11) is 3.05. The first-order valence-electron chi connectivity index (χ1n) is 8.81. The van der Waals surface area contributed by atoms with Crippen LogP contribution < -0.4 is 14.4 Å². The number of ether oxygens (including phenoxy) is 2. The van der Waals surface area contributed by atoms with Crippen molar-refractivity contribution < 1.29 is 27.6 Å². The van der Waals surface area contributed by atoms with Gasteiger partial charge in [0.25, 0.3) is 5.89 Å². The van der Waals surface area contributed by atoms with Crippen LogP contribution in [-0.4, -0.2) is 36.8 Å². The molecule has 1 amide bonds. The van der Waals surface area contributed by atoms with E-state index in [-0.39, 0.29) is 30.5 Å². The normalized spacial score (nSPS) is 16.3. The van der Waals surface area contributed by atoms with E-state index in [1.54, 1.807) is 18.2 Å². The van der Waals surface area contributed by atoms with Crippen molar-refractivity contribution in [2.75, 3.05) is 25.7 Å². The van der Waals surface area contributed by atoms with Crippen molar-refractivity contribution in [3.05, 3.63) is 53.9 Å². The number of aromatic nitrogens is 2. The van der Waals surface area contributed by atoms with E-state index in [2.05, 4.69) is 10.1 Å². The maximum Gasteiger partial charge on any atom is 0.258 e. The van der Waals surface area contributed by atoms with Crippen LogP contribution in [0.5, 0.6) is 11.5 Å². The summed E-state index contributed by atoms with van der Waals surface area (Å²) in [5.41, 5.74) is 0.528.